The fraction of sp³-hybridized carbons (Fsp3) is 0.0714. The highest BCUT2D eigenvalue weighted by Crippen LogP contribution is 2.28. The van der Waals surface area contributed by atoms with Gasteiger partial charge in [-0.2, -0.15) is 5.26 Å². The molecule has 2 rings (SSSR count). The monoisotopic (exact) mass is 227 g/mol. The van der Waals surface area contributed by atoms with E-state index >= 15 is 0 Å². The second-order valence-electron chi connectivity index (χ2n) is 3.62. The Morgan fingerprint density at radius 3 is 2.47 bits per heavy atom. The van der Waals surface area contributed by atoms with Crippen molar-refractivity contribution in [2.75, 3.05) is 0 Å². The molecule has 2 aromatic carbocycles. The lowest BCUT2D eigenvalue weighted by atomic mass is 10.1. The van der Waals surface area contributed by atoms with Gasteiger partial charge in [0.1, 0.15) is 23.4 Å². The first-order chi connectivity index (χ1) is 8.20. The topological polar surface area (TPSA) is 33.0 Å². The van der Waals surface area contributed by atoms with E-state index in [2.05, 4.69) is 6.07 Å². The van der Waals surface area contributed by atoms with E-state index in [1.54, 1.807) is 12.1 Å². The van der Waals surface area contributed by atoms with Crippen LogP contribution in [0.25, 0.3) is 0 Å². The molecule has 0 saturated heterocycles. The number of aryl methyl sites for hydroxylation is 1. The fourth-order valence-electron chi connectivity index (χ4n) is 1.50. The molecule has 3 heteroatoms. The van der Waals surface area contributed by atoms with Gasteiger partial charge in [0, 0.05) is 0 Å². The summed E-state index contributed by atoms with van der Waals surface area (Å²) in [5.74, 6) is 0.710. The van der Waals surface area contributed by atoms with E-state index in [1.807, 2.05) is 13.0 Å². The maximum atomic E-state index is 12.7. The Labute approximate surface area is 98.9 Å². The molecular formula is C14H10FNO. The van der Waals surface area contributed by atoms with E-state index in [9.17, 15) is 4.39 Å². The summed E-state index contributed by atoms with van der Waals surface area (Å²) in [5.41, 5.74) is 1.34. The zero-order valence-corrected chi connectivity index (χ0v) is 9.27. The molecule has 0 unspecified atom stereocenters. The Kier molecular flexibility index (Phi) is 3.06. The maximum absolute atomic E-state index is 12.7. The van der Waals surface area contributed by atoms with Gasteiger partial charge in [-0.05, 0) is 42.8 Å². The number of nitrogens with zero attached hydrogens (tertiary/aromatic N) is 1. The first-order valence-electron chi connectivity index (χ1n) is 5.14. The zero-order valence-electron chi connectivity index (χ0n) is 9.27. The lowest BCUT2D eigenvalue weighted by Crippen LogP contribution is -1.91. The highest BCUT2D eigenvalue weighted by molar-refractivity contribution is 5.49. The smallest absolute Gasteiger partial charge is 0.148 e. The molecule has 0 fully saturated rings. The van der Waals surface area contributed by atoms with E-state index in [1.165, 1.54) is 24.3 Å². The van der Waals surface area contributed by atoms with Crippen LogP contribution in [0.15, 0.2) is 42.5 Å². The molecule has 0 atom stereocenters. The second kappa shape index (κ2) is 4.67. The summed E-state index contributed by atoms with van der Waals surface area (Å²) in [5, 5.41) is 8.98. The predicted octanol–water partition coefficient (Wildman–Crippen LogP) is 3.80. The van der Waals surface area contributed by atoms with Gasteiger partial charge in [-0.15, -0.1) is 0 Å². The van der Waals surface area contributed by atoms with Crippen LogP contribution in [0.2, 0.25) is 0 Å². The third kappa shape index (κ3) is 2.43. The van der Waals surface area contributed by atoms with Gasteiger partial charge >= 0.3 is 0 Å². The van der Waals surface area contributed by atoms with E-state index < -0.39 is 0 Å². The van der Waals surface area contributed by atoms with Crippen molar-refractivity contribution < 1.29 is 9.13 Å². The maximum Gasteiger partial charge on any atom is 0.148 e. The molecule has 0 spiro atoms. The van der Waals surface area contributed by atoms with Gasteiger partial charge in [0.25, 0.3) is 0 Å². The highest BCUT2D eigenvalue weighted by Gasteiger charge is 2.07. The van der Waals surface area contributed by atoms with Crippen LogP contribution in [-0.2, 0) is 0 Å². The average molecular weight is 227 g/mol. The number of hydrogen-bond acceptors (Lipinski definition) is 2. The van der Waals surface area contributed by atoms with Gasteiger partial charge in [0.05, 0.1) is 5.56 Å². The molecule has 2 aromatic rings. The van der Waals surface area contributed by atoms with Gasteiger partial charge in [-0.25, -0.2) is 4.39 Å². The summed E-state index contributed by atoms with van der Waals surface area (Å²) in [6.45, 7) is 1.86. The normalized spacial score (nSPS) is 9.71. The quantitative estimate of drug-likeness (QED) is 0.781. The average Bonchev–Trinajstić information content (AvgIpc) is 2.34. The van der Waals surface area contributed by atoms with Crippen molar-refractivity contribution in [3.05, 3.63) is 59.4 Å². The molecule has 0 aliphatic carbocycles. The first kappa shape index (κ1) is 11.2. The molecule has 84 valence electrons. The van der Waals surface area contributed by atoms with Crippen molar-refractivity contribution in [2.45, 2.75) is 6.92 Å². The van der Waals surface area contributed by atoms with Crippen LogP contribution < -0.4 is 4.74 Å². The van der Waals surface area contributed by atoms with Crippen LogP contribution in [-0.4, -0.2) is 0 Å². The molecule has 0 bridgehead atoms. The fourth-order valence-corrected chi connectivity index (χ4v) is 1.50. The molecule has 0 saturated carbocycles. The Morgan fingerprint density at radius 1 is 1.12 bits per heavy atom. The number of rotatable bonds is 2. The summed E-state index contributed by atoms with van der Waals surface area (Å²) in [6, 6.07) is 13.1. The van der Waals surface area contributed by atoms with E-state index in [-0.39, 0.29) is 5.82 Å². The van der Waals surface area contributed by atoms with Crippen LogP contribution in [0.5, 0.6) is 11.5 Å². The minimum absolute atomic E-state index is 0.317. The van der Waals surface area contributed by atoms with E-state index in [4.69, 9.17) is 10.00 Å². The Bertz CT molecular complexity index is 570. The molecule has 2 nitrogen and oxygen atoms in total. The minimum Gasteiger partial charge on any atom is -0.456 e. The molecule has 0 N–H and O–H groups in total. The van der Waals surface area contributed by atoms with Gasteiger partial charge in [0.2, 0.25) is 0 Å². The summed E-state index contributed by atoms with van der Waals surface area (Å²) >= 11 is 0. The predicted molar refractivity (Wildman–Crippen MR) is 62.4 cm³/mol. The zero-order chi connectivity index (χ0) is 12.3. The third-order valence-corrected chi connectivity index (χ3v) is 2.37. The largest absolute Gasteiger partial charge is 0.456 e. The Balaban J connectivity index is 2.36. The van der Waals surface area contributed by atoms with Crippen molar-refractivity contribution in [1.82, 2.24) is 0 Å². The van der Waals surface area contributed by atoms with Gasteiger partial charge in [0.15, 0.2) is 0 Å². The van der Waals surface area contributed by atoms with Crippen LogP contribution in [0.3, 0.4) is 0 Å². The molecule has 0 aliphatic rings. The van der Waals surface area contributed by atoms with Crippen LogP contribution in [0.1, 0.15) is 11.1 Å². The van der Waals surface area contributed by atoms with Crippen LogP contribution in [0.4, 0.5) is 4.39 Å². The summed E-state index contributed by atoms with van der Waals surface area (Å²) < 4.78 is 18.3. The van der Waals surface area contributed by atoms with Crippen LogP contribution >= 0.6 is 0 Å². The Morgan fingerprint density at radius 2 is 1.82 bits per heavy atom. The van der Waals surface area contributed by atoms with Crippen LogP contribution in [0, 0.1) is 24.1 Å². The number of hydrogen-bond donors (Lipinski definition) is 0. The number of benzene rings is 2. The lowest BCUT2D eigenvalue weighted by molar-refractivity contribution is 0.475. The molecule has 0 radical (unpaired) electrons. The molecule has 17 heavy (non-hydrogen) atoms. The molecular weight excluding hydrogens is 217 g/mol. The number of halogens is 1. The molecule has 0 aromatic heterocycles. The molecule has 0 aliphatic heterocycles. The first-order valence-corrected chi connectivity index (χ1v) is 5.14. The Hall–Kier alpha value is -2.34. The van der Waals surface area contributed by atoms with Crippen molar-refractivity contribution in [1.29, 1.82) is 5.26 Å². The summed E-state index contributed by atoms with van der Waals surface area (Å²) in [4.78, 5) is 0. The van der Waals surface area contributed by atoms with E-state index in [0.29, 0.717) is 17.1 Å². The summed E-state index contributed by atoms with van der Waals surface area (Å²) in [6.07, 6.45) is 0. The van der Waals surface area contributed by atoms with Crippen molar-refractivity contribution in [2.24, 2.45) is 0 Å². The van der Waals surface area contributed by atoms with Crippen molar-refractivity contribution >= 4 is 0 Å². The van der Waals surface area contributed by atoms with Gasteiger partial charge < -0.3 is 4.74 Å². The van der Waals surface area contributed by atoms with Gasteiger partial charge in [-0.3, -0.25) is 0 Å². The van der Waals surface area contributed by atoms with Crippen molar-refractivity contribution in [3.63, 3.8) is 0 Å². The number of nitriles is 1. The minimum atomic E-state index is -0.317. The summed E-state index contributed by atoms with van der Waals surface area (Å²) in [7, 11) is 0. The number of ether oxygens (including phenoxy) is 1. The van der Waals surface area contributed by atoms with E-state index in [0.717, 1.165) is 5.56 Å². The standard InChI is InChI=1S/C14H10FNO/c1-10-3-2-4-11(9-16)14(10)17-13-7-5-12(15)6-8-13/h2-8H,1H3. The third-order valence-electron chi connectivity index (χ3n) is 2.37. The van der Waals surface area contributed by atoms with Crippen molar-refractivity contribution in [3.8, 4) is 17.6 Å². The number of para-hydroxylation sites is 1. The SMILES string of the molecule is Cc1cccc(C#N)c1Oc1ccc(F)cc1. The van der Waals surface area contributed by atoms with Gasteiger partial charge in [-0.1, -0.05) is 12.1 Å². The molecule has 0 heterocycles. The molecule has 0 amide bonds. The second-order valence-corrected chi connectivity index (χ2v) is 3.62. The highest BCUT2D eigenvalue weighted by atomic mass is 19.1. The lowest BCUT2D eigenvalue weighted by Gasteiger charge is -2.09.